The highest BCUT2D eigenvalue weighted by Gasteiger charge is 2.22. The Balaban J connectivity index is 1.77. The number of benzene rings is 2. The van der Waals surface area contributed by atoms with Crippen molar-refractivity contribution in [3.8, 4) is 0 Å². The molecule has 2 aromatic carbocycles. The van der Waals surface area contributed by atoms with E-state index in [0.717, 1.165) is 18.8 Å². The first kappa shape index (κ1) is 18.3. The SMILES string of the molecule is CCC(=O)N1CCN(c2ccc(Cl)cc2NC(=O)c2ccccc2)CC1. The van der Waals surface area contributed by atoms with Gasteiger partial charge in [-0.05, 0) is 30.3 Å². The zero-order valence-electron chi connectivity index (χ0n) is 14.7. The Morgan fingerprint density at radius 1 is 1.04 bits per heavy atom. The summed E-state index contributed by atoms with van der Waals surface area (Å²) in [5.74, 6) is 0.00673. The predicted octanol–water partition coefficient (Wildman–Crippen LogP) is 3.65. The van der Waals surface area contributed by atoms with Crippen molar-refractivity contribution >= 4 is 34.8 Å². The number of hydrogen-bond donors (Lipinski definition) is 1. The fraction of sp³-hybridized carbons (Fsp3) is 0.300. The van der Waals surface area contributed by atoms with Crippen molar-refractivity contribution in [2.45, 2.75) is 13.3 Å². The number of amides is 2. The van der Waals surface area contributed by atoms with Crippen molar-refractivity contribution in [3.63, 3.8) is 0 Å². The molecule has 1 aliphatic rings. The fourth-order valence-electron chi connectivity index (χ4n) is 3.09. The number of nitrogens with one attached hydrogen (secondary N) is 1. The number of hydrogen-bond acceptors (Lipinski definition) is 3. The van der Waals surface area contributed by atoms with Gasteiger partial charge in [0.1, 0.15) is 0 Å². The van der Waals surface area contributed by atoms with Crippen LogP contribution in [0.4, 0.5) is 11.4 Å². The van der Waals surface area contributed by atoms with Crippen LogP contribution in [0.5, 0.6) is 0 Å². The fourth-order valence-corrected chi connectivity index (χ4v) is 3.26. The molecule has 2 aromatic rings. The summed E-state index contributed by atoms with van der Waals surface area (Å²) < 4.78 is 0. The lowest BCUT2D eigenvalue weighted by Crippen LogP contribution is -2.48. The normalized spacial score (nSPS) is 14.2. The molecule has 0 aromatic heterocycles. The van der Waals surface area contributed by atoms with Gasteiger partial charge in [-0.25, -0.2) is 0 Å². The van der Waals surface area contributed by atoms with Crippen LogP contribution in [0.15, 0.2) is 48.5 Å². The molecule has 1 fully saturated rings. The van der Waals surface area contributed by atoms with E-state index in [9.17, 15) is 9.59 Å². The van der Waals surface area contributed by atoms with Crippen molar-refractivity contribution in [1.82, 2.24) is 4.90 Å². The van der Waals surface area contributed by atoms with Crippen molar-refractivity contribution < 1.29 is 9.59 Å². The van der Waals surface area contributed by atoms with Crippen LogP contribution in [0, 0.1) is 0 Å². The molecule has 6 heteroatoms. The van der Waals surface area contributed by atoms with Crippen LogP contribution < -0.4 is 10.2 Å². The topological polar surface area (TPSA) is 52.7 Å². The quantitative estimate of drug-likeness (QED) is 0.892. The summed E-state index contributed by atoms with van der Waals surface area (Å²) in [6, 6.07) is 14.6. The van der Waals surface area contributed by atoms with Crippen molar-refractivity contribution in [2.24, 2.45) is 0 Å². The molecule has 136 valence electrons. The molecule has 1 saturated heterocycles. The Bertz CT molecular complexity index is 787. The molecule has 0 bridgehead atoms. The van der Waals surface area contributed by atoms with Crippen LogP contribution in [-0.2, 0) is 4.79 Å². The van der Waals surface area contributed by atoms with Crippen LogP contribution >= 0.6 is 11.6 Å². The smallest absolute Gasteiger partial charge is 0.255 e. The predicted molar refractivity (Wildman–Crippen MR) is 105 cm³/mol. The standard InChI is InChI=1S/C20H22ClN3O2/c1-2-19(25)24-12-10-23(11-13-24)18-9-8-16(21)14-17(18)22-20(26)15-6-4-3-5-7-15/h3-9,14H,2,10-13H2,1H3,(H,22,26). The number of carbonyl (C=O) groups excluding carboxylic acids is 2. The molecule has 2 amide bonds. The second-order valence-corrected chi connectivity index (χ2v) is 6.64. The second-order valence-electron chi connectivity index (χ2n) is 6.20. The maximum absolute atomic E-state index is 12.5. The molecule has 3 rings (SSSR count). The monoisotopic (exact) mass is 371 g/mol. The summed E-state index contributed by atoms with van der Waals surface area (Å²) in [6.45, 7) is 4.69. The Morgan fingerprint density at radius 3 is 2.38 bits per heavy atom. The van der Waals surface area contributed by atoms with Crippen molar-refractivity contribution in [3.05, 3.63) is 59.1 Å². The molecule has 5 nitrogen and oxygen atoms in total. The highest BCUT2D eigenvalue weighted by atomic mass is 35.5. The maximum Gasteiger partial charge on any atom is 0.255 e. The average molecular weight is 372 g/mol. The van der Waals surface area contributed by atoms with Crippen LogP contribution in [-0.4, -0.2) is 42.9 Å². The molecule has 0 radical (unpaired) electrons. The summed E-state index contributed by atoms with van der Waals surface area (Å²) in [6.07, 6.45) is 0.527. The largest absolute Gasteiger partial charge is 0.366 e. The first-order valence-electron chi connectivity index (χ1n) is 8.77. The zero-order valence-corrected chi connectivity index (χ0v) is 15.5. The first-order chi connectivity index (χ1) is 12.6. The molecule has 1 aliphatic heterocycles. The van der Waals surface area contributed by atoms with E-state index in [1.54, 1.807) is 18.2 Å². The minimum Gasteiger partial charge on any atom is -0.366 e. The highest BCUT2D eigenvalue weighted by molar-refractivity contribution is 6.31. The Kier molecular flexibility index (Phi) is 5.78. The lowest BCUT2D eigenvalue weighted by Gasteiger charge is -2.37. The first-order valence-corrected chi connectivity index (χ1v) is 9.15. The van der Waals surface area contributed by atoms with Gasteiger partial charge >= 0.3 is 0 Å². The van der Waals surface area contributed by atoms with E-state index >= 15 is 0 Å². The lowest BCUT2D eigenvalue weighted by atomic mass is 10.1. The van der Waals surface area contributed by atoms with Crippen molar-refractivity contribution in [2.75, 3.05) is 36.4 Å². The van der Waals surface area contributed by atoms with E-state index in [1.165, 1.54) is 0 Å². The van der Waals surface area contributed by atoms with E-state index in [0.29, 0.717) is 35.8 Å². The average Bonchev–Trinajstić information content (AvgIpc) is 2.68. The van der Waals surface area contributed by atoms with Crippen molar-refractivity contribution in [1.29, 1.82) is 0 Å². The zero-order chi connectivity index (χ0) is 18.5. The Labute approximate surface area is 158 Å². The third-order valence-corrected chi connectivity index (χ3v) is 4.75. The van der Waals surface area contributed by atoms with E-state index in [-0.39, 0.29) is 11.8 Å². The van der Waals surface area contributed by atoms with Crippen LogP contribution in [0.2, 0.25) is 5.02 Å². The van der Waals surface area contributed by atoms with E-state index < -0.39 is 0 Å². The van der Waals surface area contributed by atoms with E-state index in [4.69, 9.17) is 11.6 Å². The highest BCUT2D eigenvalue weighted by Crippen LogP contribution is 2.30. The van der Waals surface area contributed by atoms with Gasteiger partial charge < -0.3 is 15.1 Å². The lowest BCUT2D eigenvalue weighted by molar-refractivity contribution is -0.131. The van der Waals surface area contributed by atoms with Crippen LogP contribution in [0.25, 0.3) is 0 Å². The van der Waals surface area contributed by atoms with Gasteiger partial charge in [0.15, 0.2) is 0 Å². The molecule has 0 spiro atoms. The summed E-state index contributed by atoms with van der Waals surface area (Å²) in [4.78, 5) is 28.4. The number of nitrogens with zero attached hydrogens (tertiary/aromatic N) is 2. The Morgan fingerprint density at radius 2 is 1.73 bits per heavy atom. The molecular weight excluding hydrogens is 350 g/mol. The number of piperazine rings is 1. The van der Waals surface area contributed by atoms with E-state index in [1.807, 2.05) is 42.2 Å². The molecule has 1 heterocycles. The number of anilines is 2. The van der Waals surface area contributed by atoms with E-state index in [2.05, 4.69) is 10.2 Å². The number of halogens is 1. The maximum atomic E-state index is 12.5. The van der Waals surface area contributed by atoms with Gasteiger partial charge in [0, 0.05) is 43.2 Å². The second kappa shape index (κ2) is 8.23. The molecule has 1 N–H and O–H groups in total. The van der Waals surface area contributed by atoms with Crippen LogP contribution in [0.1, 0.15) is 23.7 Å². The van der Waals surface area contributed by atoms with Gasteiger partial charge in [-0.2, -0.15) is 0 Å². The molecule has 0 atom stereocenters. The number of rotatable bonds is 4. The van der Waals surface area contributed by atoms with Gasteiger partial charge in [0.25, 0.3) is 5.91 Å². The van der Waals surface area contributed by atoms with Gasteiger partial charge in [-0.1, -0.05) is 36.7 Å². The summed E-state index contributed by atoms with van der Waals surface area (Å²) in [7, 11) is 0. The Hall–Kier alpha value is -2.53. The van der Waals surface area contributed by atoms with Gasteiger partial charge in [0.05, 0.1) is 11.4 Å². The summed E-state index contributed by atoms with van der Waals surface area (Å²) in [5, 5.41) is 3.53. The summed E-state index contributed by atoms with van der Waals surface area (Å²) in [5.41, 5.74) is 2.20. The van der Waals surface area contributed by atoms with Gasteiger partial charge in [0.2, 0.25) is 5.91 Å². The minimum atomic E-state index is -0.172. The molecule has 0 unspecified atom stereocenters. The van der Waals surface area contributed by atoms with Gasteiger partial charge in [-0.15, -0.1) is 0 Å². The summed E-state index contributed by atoms with van der Waals surface area (Å²) >= 11 is 6.15. The minimum absolute atomic E-state index is 0.172. The molecule has 0 aliphatic carbocycles. The van der Waals surface area contributed by atoms with Gasteiger partial charge in [-0.3, -0.25) is 9.59 Å². The molecular formula is C20H22ClN3O2. The third kappa shape index (κ3) is 4.17. The third-order valence-electron chi connectivity index (χ3n) is 4.52. The molecule has 0 saturated carbocycles. The number of carbonyl (C=O) groups is 2. The molecule has 26 heavy (non-hydrogen) atoms. The van der Waals surface area contributed by atoms with Crippen LogP contribution in [0.3, 0.4) is 0 Å².